The fraction of sp³-hybridized carbons (Fsp3) is 0.455. The molecule has 0 aliphatic carbocycles. The minimum Gasteiger partial charge on any atom is -0.507 e. The van der Waals surface area contributed by atoms with Crippen LogP contribution in [-0.2, 0) is 12.8 Å². The van der Waals surface area contributed by atoms with Gasteiger partial charge in [-0.3, -0.25) is 0 Å². The Morgan fingerprint density at radius 1 is 0.692 bits per heavy atom. The summed E-state index contributed by atoms with van der Waals surface area (Å²) in [7, 11) is 0. The van der Waals surface area contributed by atoms with Crippen LogP contribution in [-0.4, -0.2) is 33.2 Å². The van der Waals surface area contributed by atoms with E-state index in [1.807, 2.05) is 47.8 Å². The van der Waals surface area contributed by atoms with Crippen molar-refractivity contribution >= 4 is 23.5 Å². The van der Waals surface area contributed by atoms with E-state index in [1.165, 1.54) is 11.1 Å². The molecule has 0 bridgehead atoms. The minimum absolute atomic E-state index is 0.227. The van der Waals surface area contributed by atoms with E-state index in [9.17, 15) is 10.2 Å². The lowest BCUT2D eigenvalue weighted by Crippen LogP contribution is -1.92. The monoisotopic (exact) mass is 390 g/mol. The standard InChI is InChI=1S/C22H30O2S2/c1-3-25-13-5-7-17-9-11-21(23)19(15-17)20-16-18(10-12-22(20)24)8-6-14-26-4-2/h9-12,15-16,23-24H,3-8,13-14H2,1-2H3. The molecule has 2 N–H and O–H groups in total. The summed E-state index contributed by atoms with van der Waals surface area (Å²) in [5.41, 5.74) is 3.87. The number of hydrogen-bond donors (Lipinski definition) is 2. The second kappa shape index (κ2) is 11.5. The molecule has 0 unspecified atom stereocenters. The molecule has 26 heavy (non-hydrogen) atoms. The second-order valence-corrected chi connectivity index (χ2v) is 9.09. The van der Waals surface area contributed by atoms with Crippen LogP contribution in [0.4, 0.5) is 0 Å². The second-order valence-electron chi connectivity index (χ2n) is 6.30. The van der Waals surface area contributed by atoms with Gasteiger partial charge in [0.05, 0.1) is 0 Å². The maximum Gasteiger partial charge on any atom is 0.123 e. The van der Waals surface area contributed by atoms with E-state index < -0.39 is 0 Å². The first kappa shape index (κ1) is 21.0. The first-order chi connectivity index (χ1) is 12.7. The Labute approximate surface area is 166 Å². The predicted molar refractivity (Wildman–Crippen MR) is 118 cm³/mol. The molecule has 0 aromatic heterocycles. The first-order valence-electron chi connectivity index (χ1n) is 9.45. The molecule has 0 saturated heterocycles. The van der Waals surface area contributed by atoms with Gasteiger partial charge in [-0.2, -0.15) is 23.5 Å². The number of phenolic OH excluding ortho intramolecular Hbond substituents is 2. The molecule has 2 aromatic rings. The third kappa shape index (κ3) is 6.48. The van der Waals surface area contributed by atoms with E-state index in [0.717, 1.165) is 59.8 Å². The van der Waals surface area contributed by atoms with Crippen LogP contribution in [0.2, 0.25) is 0 Å². The Kier molecular flexibility index (Phi) is 9.27. The molecule has 0 heterocycles. The molecule has 2 nitrogen and oxygen atoms in total. The van der Waals surface area contributed by atoms with Crippen LogP contribution in [0.5, 0.6) is 11.5 Å². The molecule has 142 valence electrons. The number of aromatic hydroxyl groups is 2. The highest BCUT2D eigenvalue weighted by molar-refractivity contribution is 7.99. The fourth-order valence-electron chi connectivity index (χ4n) is 2.95. The van der Waals surface area contributed by atoms with Crippen LogP contribution in [0.25, 0.3) is 11.1 Å². The van der Waals surface area contributed by atoms with Crippen molar-refractivity contribution in [2.75, 3.05) is 23.0 Å². The summed E-state index contributed by atoms with van der Waals surface area (Å²) in [6.45, 7) is 4.36. The number of thioether (sulfide) groups is 2. The van der Waals surface area contributed by atoms with Crippen molar-refractivity contribution < 1.29 is 10.2 Å². The average molecular weight is 391 g/mol. The summed E-state index contributed by atoms with van der Waals surface area (Å²) in [5.74, 6) is 5.07. The van der Waals surface area contributed by atoms with Crippen molar-refractivity contribution in [3.05, 3.63) is 47.5 Å². The van der Waals surface area contributed by atoms with E-state index in [-0.39, 0.29) is 11.5 Å². The maximum absolute atomic E-state index is 10.3. The van der Waals surface area contributed by atoms with Crippen LogP contribution in [0.3, 0.4) is 0 Å². The lowest BCUT2D eigenvalue weighted by atomic mass is 9.96. The van der Waals surface area contributed by atoms with E-state index in [1.54, 1.807) is 12.1 Å². The zero-order valence-corrected chi connectivity index (χ0v) is 17.5. The van der Waals surface area contributed by atoms with Gasteiger partial charge in [-0.1, -0.05) is 26.0 Å². The molecule has 0 atom stereocenters. The molecule has 0 amide bonds. The summed E-state index contributed by atoms with van der Waals surface area (Å²) < 4.78 is 0. The van der Waals surface area contributed by atoms with Gasteiger partial charge in [0.15, 0.2) is 0 Å². The number of aryl methyl sites for hydroxylation is 2. The van der Waals surface area contributed by atoms with Gasteiger partial charge in [-0.15, -0.1) is 0 Å². The van der Waals surface area contributed by atoms with Gasteiger partial charge < -0.3 is 10.2 Å². The molecule has 2 aromatic carbocycles. The summed E-state index contributed by atoms with van der Waals surface area (Å²) in [6.07, 6.45) is 4.25. The van der Waals surface area contributed by atoms with E-state index >= 15 is 0 Å². The van der Waals surface area contributed by atoms with Crippen LogP contribution in [0, 0.1) is 0 Å². The molecule has 4 heteroatoms. The Bertz CT molecular complexity index is 626. The van der Waals surface area contributed by atoms with Crippen molar-refractivity contribution in [3.8, 4) is 22.6 Å². The van der Waals surface area contributed by atoms with Crippen molar-refractivity contribution in [3.63, 3.8) is 0 Å². The number of benzene rings is 2. The number of rotatable bonds is 11. The van der Waals surface area contributed by atoms with E-state index in [2.05, 4.69) is 13.8 Å². The Balaban J connectivity index is 2.15. The maximum atomic E-state index is 10.3. The van der Waals surface area contributed by atoms with Crippen LogP contribution < -0.4 is 0 Å². The van der Waals surface area contributed by atoms with Crippen molar-refractivity contribution in [1.29, 1.82) is 0 Å². The Hall–Kier alpha value is -1.26. The zero-order chi connectivity index (χ0) is 18.8. The SMILES string of the molecule is CCSCCCc1ccc(O)c(-c2cc(CCCSCC)ccc2O)c1. The average Bonchev–Trinajstić information content (AvgIpc) is 2.65. The van der Waals surface area contributed by atoms with Gasteiger partial charge in [0.25, 0.3) is 0 Å². The van der Waals surface area contributed by atoms with Gasteiger partial charge in [-0.25, -0.2) is 0 Å². The first-order valence-corrected chi connectivity index (χ1v) is 11.8. The van der Waals surface area contributed by atoms with Gasteiger partial charge in [0.2, 0.25) is 0 Å². The number of phenols is 2. The predicted octanol–water partition coefficient (Wildman–Crippen LogP) is 6.14. The molecule has 0 saturated carbocycles. The lowest BCUT2D eigenvalue weighted by Gasteiger charge is -2.12. The highest BCUT2D eigenvalue weighted by Crippen LogP contribution is 2.37. The highest BCUT2D eigenvalue weighted by atomic mass is 32.2. The van der Waals surface area contributed by atoms with E-state index in [0.29, 0.717) is 0 Å². The highest BCUT2D eigenvalue weighted by Gasteiger charge is 2.11. The molecular formula is C22H30O2S2. The van der Waals surface area contributed by atoms with Gasteiger partial charge in [0.1, 0.15) is 11.5 Å². The van der Waals surface area contributed by atoms with Gasteiger partial charge in [-0.05, 0) is 84.1 Å². The van der Waals surface area contributed by atoms with Crippen LogP contribution >= 0.6 is 23.5 Å². The minimum atomic E-state index is 0.227. The summed E-state index contributed by atoms with van der Waals surface area (Å²) in [5, 5.41) is 20.7. The fourth-order valence-corrected chi connectivity index (χ4v) is 4.23. The number of hydrogen-bond acceptors (Lipinski definition) is 4. The Morgan fingerprint density at radius 3 is 1.50 bits per heavy atom. The molecule has 2 rings (SSSR count). The largest absolute Gasteiger partial charge is 0.507 e. The van der Waals surface area contributed by atoms with Crippen LogP contribution in [0.15, 0.2) is 36.4 Å². The third-order valence-corrected chi connectivity index (χ3v) is 6.30. The van der Waals surface area contributed by atoms with Crippen molar-refractivity contribution in [1.82, 2.24) is 0 Å². The molecule has 0 spiro atoms. The molecule has 0 aliphatic rings. The van der Waals surface area contributed by atoms with Gasteiger partial charge >= 0.3 is 0 Å². The quantitative estimate of drug-likeness (QED) is 0.452. The third-order valence-electron chi connectivity index (χ3n) is 4.33. The topological polar surface area (TPSA) is 40.5 Å². The normalized spacial score (nSPS) is 11.0. The van der Waals surface area contributed by atoms with Crippen LogP contribution in [0.1, 0.15) is 37.8 Å². The molecule has 0 fully saturated rings. The molecule has 0 aliphatic heterocycles. The lowest BCUT2D eigenvalue weighted by molar-refractivity contribution is 0.469. The molecule has 0 radical (unpaired) electrons. The smallest absolute Gasteiger partial charge is 0.123 e. The summed E-state index contributed by atoms with van der Waals surface area (Å²) >= 11 is 3.91. The van der Waals surface area contributed by atoms with Crippen molar-refractivity contribution in [2.24, 2.45) is 0 Å². The Morgan fingerprint density at radius 2 is 1.12 bits per heavy atom. The van der Waals surface area contributed by atoms with E-state index in [4.69, 9.17) is 0 Å². The summed E-state index contributed by atoms with van der Waals surface area (Å²) in [4.78, 5) is 0. The molecular weight excluding hydrogens is 360 g/mol. The zero-order valence-electron chi connectivity index (χ0n) is 15.8. The van der Waals surface area contributed by atoms with Crippen molar-refractivity contribution in [2.45, 2.75) is 39.5 Å². The van der Waals surface area contributed by atoms with Gasteiger partial charge in [0, 0.05) is 11.1 Å². The summed E-state index contributed by atoms with van der Waals surface area (Å²) in [6, 6.07) is 11.5.